The first-order valence-electron chi connectivity index (χ1n) is 10.2. The van der Waals surface area contributed by atoms with Crippen molar-refractivity contribution in [2.75, 3.05) is 12.8 Å². The molecule has 0 radical (unpaired) electrons. The zero-order valence-corrected chi connectivity index (χ0v) is 19.9. The highest BCUT2D eigenvalue weighted by Crippen LogP contribution is 2.25. The number of carbonyl (C=O) groups is 1. The minimum absolute atomic E-state index is 0.169. The first-order valence-corrected chi connectivity index (χ1v) is 12.1. The lowest BCUT2D eigenvalue weighted by atomic mass is 10.00. The topological polar surface area (TPSA) is 137 Å². The van der Waals surface area contributed by atoms with Crippen molar-refractivity contribution >= 4 is 15.8 Å². The summed E-state index contributed by atoms with van der Waals surface area (Å²) in [7, 11) is -3.30. The Kier molecular flexibility index (Phi) is 9.47. The molecular weight excluding hydrogens is 527 g/mol. The molecular formula is C22H21F5N4O5S. The van der Waals surface area contributed by atoms with Gasteiger partial charge in [0, 0.05) is 18.4 Å². The van der Waals surface area contributed by atoms with Gasteiger partial charge in [0.15, 0.2) is 9.84 Å². The zero-order valence-electron chi connectivity index (χ0n) is 19.1. The first kappa shape index (κ1) is 29.4. The molecule has 0 atom stereocenters. The van der Waals surface area contributed by atoms with E-state index in [0.29, 0.717) is 0 Å². The van der Waals surface area contributed by atoms with Crippen molar-refractivity contribution in [3.05, 3.63) is 82.6 Å². The molecule has 0 aliphatic carbocycles. The van der Waals surface area contributed by atoms with Crippen LogP contribution in [0.2, 0.25) is 0 Å². The minimum atomic E-state index is -5.08. The van der Waals surface area contributed by atoms with Gasteiger partial charge in [-0.15, -0.1) is 0 Å². The zero-order chi connectivity index (χ0) is 28.0. The molecule has 1 aromatic heterocycles. The SMILES string of the molecule is CS(=O)(=O)c1ccc(-c2ccccc2Cn2cnn(CC(CN)=C(F)F)c2=O)cc1.O=C(O)C(F)(F)F. The molecule has 37 heavy (non-hydrogen) atoms. The fourth-order valence-corrected chi connectivity index (χ4v) is 3.61. The Morgan fingerprint density at radius 2 is 1.65 bits per heavy atom. The van der Waals surface area contributed by atoms with E-state index in [1.54, 1.807) is 12.1 Å². The molecule has 0 saturated heterocycles. The lowest BCUT2D eigenvalue weighted by Gasteiger charge is -2.10. The molecule has 3 rings (SSSR count). The summed E-state index contributed by atoms with van der Waals surface area (Å²) < 4.78 is 83.0. The van der Waals surface area contributed by atoms with Gasteiger partial charge in [0.2, 0.25) is 0 Å². The van der Waals surface area contributed by atoms with Gasteiger partial charge in [-0.2, -0.15) is 27.1 Å². The van der Waals surface area contributed by atoms with Crippen molar-refractivity contribution < 1.29 is 40.3 Å². The molecule has 0 aliphatic heterocycles. The van der Waals surface area contributed by atoms with Crippen molar-refractivity contribution in [2.45, 2.75) is 24.2 Å². The molecule has 3 N–H and O–H groups in total. The van der Waals surface area contributed by atoms with Gasteiger partial charge in [-0.1, -0.05) is 36.4 Å². The average molecular weight is 548 g/mol. The Morgan fingerprint density at radius 3 is 2.14 bits per heavy atom. The molecule has 2 aromatic carbocycles. The quantitative estimate of drug-likeness (QED) is 0.433. The predicted octanol–water partition coefficient (Wildman–Crippen LogP) is 2.91. The van der Waals surface area contributed by atoms with Crippen molar-refractivity contribution in [3.63, 3.8) is 0 Å². The summed E-state index contributed by atoms with van der Waals surface area (Å²) in [6.45, 7) is -0.574. The fourth-order valence-electron chi connectivity index (χ4n) is 2.98. The van der Waals surface area contributed by atoms with Gasteiger partial charge in [0.1, 0.15) is 6.33 Å². The number of hydrogen-bond donors (Lipinski definition) is 2. The lowest BCUT2D eigenvalue weighted by molar-refractivity contribution is -0.192. The number of sulfone groups is 1. The number of hydrogen-bond acceptors (Lipinski definition) is 6. The molecule has 1 heterocycles. The number of carboxylic acid groups (broad SMARTS) is 1. The molecule has 0 spiro atoms. The van der Waals surface area contributed by atoms with Gasteiger partial charge < -0.3 is 10.8 Å². The normalized spacial score (nSPS) is 11.4. The van der Waals surface area contributed by atoms with E-state index >= 15 is 0 Å². The Hall–Kier alpha value is -3.85. The smallest absolute Gasteiger partial charge is 0.475 e. The number of halogens is 5. The highest BCUT2D eigenvalue weighted by molar-refractivity contribution is 7.90. The largest absolute Gasteiger partial charge is 0.490 e. The van der Waals surface area contributed by atoms with Crippen molar-refractivity contribution in [3.8, 4) is 11.1 Å². The second kappa shape index (κ2) is 11.9. The summed E-state index contributed by atoms with van der Waals surface area (Å²) in [6, 6.07) is 13.8. The van der Waals surface area contributed by atoms with E-state index in [2.05, 4.69) is 5.10 Å². The minimum Gasteiger partial charge on any atom is -0.475 e. The summed E-state index contributed by atoms with van der Waals surface area (Å²) in [6.07, 6.45) is -4.57. The number of alkyl halides is 3. The van der Waals surface area contributed by atoms with Crippen LogP contribution < -0.4 is 11.4 Å². The summed E-state index contributed by atoms with van der Waals surface area (Å²) in [5.74, 6) is -2.76. The van der Waals surface area contributed by atoms with Gasteiger partial charge in [0.05, 0.1) is 18.0 Å². The average Bonchev–Trinajstić information content (AvgIpc) is 3.15. The van der Waals surface area contributed by atoms with E-state index < -0.39 is 33.8 Å². The van der Waals surface area contributed by atoms with Gasteiger partial charge in [-0.05, 0) is 28.8 Å². The standard InChI is InChI=1S/C20H20F2N4O3S.C2HF3O2/c1-30(28,29)17-8-6-14(7-9-17)18-5-3-2-4-15(18)11-25-13-24-26(20(25)27)12-16(10-23)19(21)22;3-2(4,5)1(6)7/h2-9,13H,10-12,23H2,1H3;(H,6,7). The number of nitrogens with two attached hydrogens (primary N) is 1. The molecule has 0 aliphatic rings. The predicted molar refractivity (Wildman–Crippen MR) is 123 cm³/mol. The maximum Gasteiger partial charge on any atom is 0.490 e. The van der Waals surface area contributed by atoms with Gasteiger partial charge in [0.25, 0.3) is 6.08 Å². The van der Waals surface area contributed by atoms with Crippen molar-refractivity contribution in [1.82, 2.24) is 14.3 Å². The number of carboxylic acids is 1. The third-order valence-electron chi connectivity index (χ3n) is 4.85. The van der Waals surface area contributed by atoms with Crippen LogP contribution in [0.5, 0.6) is 0 Å². The van der Waals surface area contributed by atoms with E-state index in [0.717, 1.165) is 27.6 Å². The molecule has 0 amide bonds. The molecule has 0 fully saturated rings. The van der Waals surface area contributed by atoms with Crippen LogP contribution in [0.25, 0.3) is 11.1 Å². The van der Waals surface area contributed by atoms with E-state index in [-0.39, 0.29) is 30.1 Å². The molecule has 0 bridgehead atoms. The second-order valence-electron chi connectivity index (χ2n) is 7.52. The van der Waals surface area contributed by atoms with Crippen LogP contribution in [-0.2, 0) is 27.7 Å². The van der Waals surface area contributed by atoms with E-state index in [9.17, 15) is 35.2 Å². The Morgan fingerprint density at radius 1 is 1.08 bits per heavy atom. The fraction of sp³-hybridized carbons (Fsp3) is 0.227. The van der Waals surface area contributed by atoms with Gasteiger partial charge in [-0.25, -0.2) is 22.7 Å². The van der Waals surface area contributed by atoms with Crippen LogP contribution in [-0.4, -0.2) is 52.8 Å². The van der Waals surface area contributed by atoms with Crippen LogP contribution in [0.1, 0.15) is 5.56 Å². The highest BCUT2D eigenvalue weighted by atomic mass is 32.2. The molecule has 0 saturated carbocycles. The van der Waals surface area contributed by atoms with Crippen LogP contribution in [0.3, 0.4) is 0 Å². The highest BCUT2D eigenvalue weighted by Gasteiger charge is 2.38. The molecule has 0 unspecified atom stereocenters. The maximum atomic E-state index is 12.8. The summed E-state index contributed by atoms with van der Waals surface area (Å²) >= 11 is 0. The summed E-state index contributed by atoms with van der Waals surface area (Å²) in [4.78, 5) is 21.6. The Labute approximate surface area is 207 Å². The maximum absolute atomic E-state index is 12.8. The third kappa shape index (κ3) is 8.08. The molecule has 9 nitrogen and oxygen atoms in total. The van der Waals surface area contributed by atoms with E-state index in [1.165, 1.54) is 23.0 Å². The van der Waals surface area contributed by atoms with Gasteiger partial charge >= 0.3 is 17.8 Å². The Bertz CT molecular complexity index is 1440. The number of aromatic nitrogens is 3. The number of nitrogens with zero attached hydrogens (tertiary/aromatic N) is 3. The molecule has 15 heteroatoms. The first-order chi connectivity index (χ1) is 17.1. The van der Waals surface area contributed by atoms with Crippen LogP contribution in [0.15, 0.2) is 76.2 Å². The van der Waals surface area contributed by atoms with Crippen LogP contribution in [0.4, 0.5) is 22.0 Å². The second-order valence-corrected chi connectivity index (χ2v) is 9.54. The third-order valence-corrected chi connectivity index (χ3v) is 5.97. The molecule has 200 valence electrons. The Balaban J connectivity index is 0.000000604. The molecule has 3 aromatic rings. The summed E-state index contributed by atoms with van der Waals surface area (Å²) in [5, 5.41) is 11.0. The van der Waals surface area contributed by atoms with Crippen LogP contribution in [0, 0.1) is 0 Å². The lowest BCUT2D eigenvalue weighted by Crippen LogP contribution is -2.27. The van der Waals surface area contributed by atoms with Crippen molar-refractivity contribution in [1.29, 1.82) is 0 Å². The van der Waals surface area contributed by atoms with E-state index in [4.69, 9.17) is 15.6 Å². The number of aliphatic carboxylic acids is 1. The van der Waals surface area contributed by atoms with E-state index in [1.807, 2.05) is 24.3 Å². The van der Waals surface area contributed by atoms with Crippen molar-refractivity contribution in [2.24, 2.45) is 5.73 Å². The number of rotatable bonds is 7. The van der Waals surface area contributed by atoms with Crippen LogP contribution >= 0.6 is 0 Å². The monoisotopic (exact) mass is 548 g/mol. The number of benzene rings is 2. The van der Waals surface area contributed by atoms with Gasteiger partial charge in [-0.3, -0.25) is 4.57 Å². The summed E-state index contributed by atoms with van der Waals surface area (Å²) in [5.41, 5.74) is 6.79.